The van der Waals surface area contributed by atoms with Crippen molar-refractivity contribution in [3.63, 3.8) is 0 Å². The van der Waals surface area contributed by atoms with Crippen LogP contribution in [0.1, 0.15) is 36.8 Å². The minimum atomic E-state index is -0.781. The van der Waals surface area contributed by atoms with Crippen molar-refractivity contribution in [1.82, 2.24) is 24.3 Å². The Bertz CT molecular complexity index is 1380. The first-order valence-corrected chi connectivity index (χ1v) is 12.3. The number of rotatable bonds is 8. The highest BCUT2D eigenvalue weighted by Crippen LogP contribution is 2.36. The zero-order valence-electron chi connectivity index (χ0n) is 21.3. The Balaban J connectivity index is 1.70. The number of likely N-dealkylation sites (N-methyl/N-ethyl adjacent to an activating group) is 1. The minimum Gasteiger partial charge on any atom is -0.434 e. The monoisotopic (exact) mass is 507 g/mol. The maximum Gasteiger partial charge on any atom is 0.240 e. The molecule has 10 heteroatoms. The van der Waals surface area contributed by atoms with Crippen molar-refractivity contribution in [1.29, 1.82) is 5.26 Å². The number of hydrogen-bond donors (Lipinski definition) is 1. The van der Waals surface area contributed by atoms with Gasteiger partial charge in [0, 0.05) is 55.6 Å². The maximum absolute atomic E-state index is 15.4. The molecule has 1 aliphatic rings. The summed E-state index contributed by atoms with van der Waals surface area (Å²) in [7, 11) is 0. The molecule has 1 aliphatic heterocycles. The number of ether oxygens (including phenoxy) is 1. The standard InChI is InChI=1S/C27H31F2N7O/c1-5-8-21(35-11-9-34(6-2)10-12-35)24(31)25-19(15-30)27(33-16-32-25)37-22-14-20(28)26-18(23(22)29)13-17(4)36(26)7-3/h5,8,13-14,16,24H,1,6-7,9-12,31H2,2-4H3/b21-8+. The molecule has 4 rings (SSSR count). The van der Waals surface area contributed by atoms with Crippen LogP contribution in [0.25, 0.3) is 10.9 Å². The van der Waals surface area contributed by atoms with Crippen molar-refractivity contribution in [3.05, 3.63) is 71.5 Å². The fraction of sp³-hybridized carbons (Fsp3) is 0.370. The fourth-order valence-electron chi connectivity index (χ4n) is 4.86. The summed E-state index contributed by atoms with van der Waals surface area (Å²) in [5.41, 5.74) is 8.45. The third-order valence-electron chi connectivity index (χ3n) is 6.80. The topological polar surface area (TPSA) is 96.2 Å². The number of benzene rings is 1. The van der Waals surface area contributed by atoms with E-state index in [1.54, 1.807) is 29.7 Å². The lowest BCUT2D eigenvalue weighted by Crippen LogP contribution is -2.47. The molecule has 1 aromatic carbocycles. The summed E-state index contributed by atoms with van der Waals surface area (Å²) in [6, 6.07) is 3.81. The van der Waals surface area contributed by atoms with Crippen molar-refractivity contribution in [2.24, 2.45) is 5.73 Å². The highest BCUT2D eigenvalue weighted by atomic mass is 19.1. The molecule has 0 amide bonds. The molecule has 0 aliphatic carbocycles. The van der Waals surface area contributed by atoms with Gasteiger partial charge in [0.15, 0.2) is 17.4 Å². The van der Waals surface area contributed by atoms with Gasteiger partial charge in [-0.15, -0.1) is 0 Å². The maximum atomic E-state index is 15.4. The number of nitrogens with two attached hydrogens (primary N) is 1. The van der Waals surface area contributed by atoms with Gasteiger partial charge in [0.25, 0.3) is 0 Å². The van der Waals surface area contributed by atoms with Crippen LogP contribution in [-0.2, 0) is 6.54 Å². The van der Waals surface area contributed by atoms with Crippen molar-refractivity contribution in [3.8, 4) is 17.7 Å². The smallest absolute Gasteiger partial charge is 0.240 e. The van der Waals surface area contributed by atoms with Crippen LogP contribution < -0.4 is 10.5 Å². The van der Waals surface area contributed by atoms with Gasteiger partial charge in [-0.25, -0.2) is 18.7 Å². The van der Waals surface area contributed by atoms with Crippen LogP contribution in [0.5, 0.6) is 11.6 Å². The molecule has 0 bridgehead atoms. The largest absolute Gasteiger partial charge is 0.434 e. The van der Waals surface area contributed by atoms with Gasteiger partial charge in [-0.3, -0.25) is 0 Å². The van der Waals surface area contributed by atoms with Gasteiger partial charge in [-0.1, -0.05) is 19.6 Å². The van der Waals surface area contributed by atoms with E-state index in [1.807, 2.05) is 13.0 Å². The number of nitriles is 1. The molecule has 2 N–H and O–H groups in total. The van der Waals surface area contributed by atoms with E-state index in [4.69, 9.17) is 10.5 Å². The average molecular weight is 508 g/mol. The zero-order valence-corrected chi connectivity index (χ0v) is 21.3. The predicted molar refractivity (Wildman–Crippen MR) is 138 cm³/mol. The first kappa shape index (κ1) is 26.3. The Morgan fingerprint density at radius 1 is 1.22 bits per heavy atom. The third kappa shape index (κ3) is 4.92. The molecule has 1 atom stereocenters. The van der Waals surface area contributed by atoms with Crippen LogP contribution >= 0.6 is 0 Å². The van der Waals surface area contributed by atoms with E-state index >= 15 is 8.78 Å². The van der Waals surface area contributed by atoms with E-state index in [1.165, 1.54) is 6.33 Å². The summed E-state index contributed by atoms with van der Waals surface area (Å²) < 4.78 is 37.8. The second-order valence-electron chi connectivity index (χ2n) is 8.84. The lowest BCUT2D eigenvalue weighted by Gasteiger charge is -2.38. The molecule has 0 saturated carbocycles. The number of allylic oxidation sites excluding steroid dienone is 2. The Morgan fingerprint density at radius 3 is 2.57 bits per heavy atom. The van der Waals surface area contributed by atoms with Crippen molar-refractivity contribution >= 4 is 10.9 Å². The van der Waals surface area contributed by atoms with Crippen LogP contribution in [0.2, 0.25) is 0 Å². The summed E-state index contributed by atoms with van der Waals surface area (Å²) in [6.07, 6.45) is 4.65. The van der Waals surface area contributed by atoms with Crippen LogP contribution in [0.15, 0.2) is 42.9 Å². The Labute approximate surface area is 215 Å². The summed E-state index contributed by atoms with van der Waals surface area (Å²) in [6.45, 7) is 14.3. The van der Waals surface area contributed by atoms with Gasteiger partial charge in [-0.05, 0) is 32.5 Å². The summed E-state index contributed by atoms with van der Waals surface area (Å²) in [5, 5.41) is 10.1. The van der Waals surface area contributed by atoms with E-state index in [0.717, 1.165) is 50.2 Å². The Kier molecular flexibility index (Phi) is 7.86. The number of aryl methyl sites for hydroxylation is 2. The van der Waals surface area contributed by atoms with Gasteiger partial charge in [-0.2, -0.15) is 5.26 Å². The number of aromatic nitrogens is 3. The molecule has 1 fully saturated rings. The van der Waals surface area contributed by atoms with E-state index < -0.39 is 17.7 Å². The molecule has 1 unspecified atom stereocenters. The number of halogens is 2. The molecule has 3 aromatic rings. The van der Waals surface area contributed by atoms with Crippen LogP contribution in [0.3, 0.4) is 0 Å². The van der Waals surface area contributed by atoms with Crippen molar-refractivity contribution < 1.29 is 13.5 Å². The molecule has 3 heterocycles. The SMILES string of the molecule is C=C/C=C(\C(N)c1ncnc(Oc2cc(F)c3c(cc(C)n3CC)c2F)c1C#N)N1CCN(CC)CC1. The number of fused-ring (bicyclic) bond motifs is 1. The van der Waals surface area contributed by atoms with E-state index in [9.17, 15) is 5.26 Å². The Morgan fingerprint density at radius 2 is 1.95 bits per heavy atom. The molecule has 2 aromatic heterocycles. The lowest BCUT2D eigenvalue weighted by atomic mass is 10.0. The molecular weight excluding hydrogens is 476 g/mol. The molecule has 0 radical (unpaired) electrons. The second kappa shape index (κ2) is 11.1. The van der Waals surface area contributed by atoms with E-state index in [2.05, 4.69) is 33.3 Å². The quantitative estimate of drug-likeness (QED) is 0.451. The highest BCUT2D eigenvalue weighted by molar-refractivity contribution is 5.84. The third-order valence-corrected chi connectivity index (χ3v) is 6.80. The Hall–Kier alpha value is -3.81. The molecule has 37 heavy (non-hydrogen) atoms. The highest BCUT2D eigenvalue weighted by Gasteiger charge is 2.28. The van der Waals surface area contributed by atoms with Gasteiger partial charge < -0.3 is 24.8 Å². The van der Waals surface area contributed by atoms with Crippen LogP contribution in [0.4, 0.5) is 8.78 Å². The van der Waals surface area contributed by atoms with Crippen LogP contribution in [0, 0.1) is 29.9 Å². The lowest BCUT2D eigenvalue weighted by molar-refractivity contribution is 0.159. The first-order valence-electron chi connectivity index (χ1n) is 12.3. The molecule has 0 spiro atoms. The van der Waals surface area contributed by atoms with Gasteiger partial charge >= 0.3 is 0 Å². The average Bonchev–Trinajstić information content (AvgIpc) is 3.26. The fourth-order valence-corrected chi connectivity index (χ4v) is 4.86. The minimum absolute atomic E-state index is 0.0422. The molecule has 1 saturated heterocycles. The predicted octanol–water partition coefficient (Wildman–Crippen LogP) is 4.41. The summed E-state index contributed by atoms with van der Waals surface area (Å²) in [5.74, 6) is -1.93. The number of hydrogen-bond acceptors (Lipinski definition) is 7. The van der Waals surface area contributed by atoms with Gasteiger partial charge in [0.05, 0.1) is 17.3 Å². The number of piperazine rings is 1. The van der Waals surface area contributed by atoms with E-state index in [-0.39, 0.29) is 33.8 Å². The summed E-state index contributed by atoms with van der Waals surface area (Å²) in [4.78, 5) is 12.8. The van der Waals surface area contributed by atoms with Crippen molar-refractivity contribution in [2.45, 2.75) is 33.4 Å². The molecule has 194 valence electrons. The van der Waals surface area contributed by atoms with E-state index in [0.29, 0.717) is 6.54 Å². The molecule has 8 nitrogen and oxygen atoms in total. The van der Waals surface area contributed by atoms with Gasteiger partial charge in [0.1, 0.15) is 18.0 Å². The first-order chi connectivity index (χ1) is 17.8. The van der Waals surface area contributed by atoms with Gasteiger partial charge in [0.2, 0.25) is 5.88 Å². The second-order valence-corrected chi connectivity index (χ2v) is 8.84. The number of nitrogens with zero attached hydrogens (tertiary/aromatic N) is 6. The van der Waals surface area contributed by atoms with Crippen molar-refractivity contribution in [2.75, 3.05) is 32.7 Å². The zero-order chi connectivity index (χ0) is 26.7. The summed E-state index contributed by atoms with van der Waals surface area (Å²) >= 11 is 0. The van der Waals surface area contributed by atoms with Crippen LogP contribution in [-0.4, -0.2) is 57.1 Å². The normalized spacial score (nSPS) is 15.6. The molecular formula is C27H31F2N7O.